The third kappa shape index (κ3) is 4.68. The normalized spacial score (nSPS) is 23.8. The molecule has 1 nitrogen and oxygen atoms in total. The molecular weight excluding hydrogens is 184 g/mol. The minimum Gasteiger partial charge on any atom is -0.378 e. The summed E-state index contributed by atoms with van der Waals surface area (Å²) in [6, 6.07) is 0. The predicted octanol–water partition coefficient (Wildman–Crippen LogP) is 3.52. The van der Waals surface area contributed by atoms with Gasteiger partial charge in [-0.05, 0) is 39.0 Å². The molecule has 2 heteroatoms. The van der Waals surface area contributed by atoms with Gasteiger partial charge in [0, 0.05) is 12.5 Å². The van der Waals surface area contributed by atoms with E-state index < -0.39 is 0 Å². The topological polar surface area (TPSA) is 9.23 Å². The van der Waals surface area contributed by atoms with Crippen molar-refractivity contribution in [2.24, 2.45) is 0 Å². The summed E-state index contributed by atoms with van der Waals surface area (Å²) in [6.45, 7) is 3.15. The van der Waals surface area contributed by atoms with E-state index in [1.54, 1.807) is 0 Å². The third-order valence-corrected chi connectivity index (χ3v) is 2.70. The van der Waals surface area contributed by atoms with Crippen LogP contribution in [0.1, 0.15) is 39.0 Å². The number of halogens is 1. The first-order chi connectivity index (χ1) is 6.33. The lowest BCUT2D eigenvalue weighted by atomic mass is 10.1. The zero-order chi connectivity index (χ0) is 9.52. The van der Waals surface area contributed by atoms with Gasteiger partial charge in [0.25, 0.3) is 0 Å². The van der Waals surface area contributed by atoms with Gasteiger partial charge in [-0.15, -0.1) is 11.6 Å². The summed E-state index contributed by atoms with van der Waals surface area (Å²) in [5.41, 5.74) is 1.45. The Morgan fingerprint density at radius 1 is 1.62 bits per heavy atom. The highest BCUT2D eigenvalue weighted by Crippen LogP contribution is 2.19. The van der Waals surface area contributed by atoms with Crippen LogP contribution in [0.25, 0.3) is 0 Å². The molecule has 1 saturated heterocycles. The Hall–Kier alpha value is -0.0100. The average molecular weight is 203 g/mol. The second-order valence-corrected chi connectivity index (χ2v) is 4.08. The van der Waals surface area contributed by atoms with Crippen LogP contribution in [-0.2, 0) is 4.74 Å². The highest BCUT2D eigenvalue weighted by Gasteiger charge is 2.14. The number of allylic oxidation sites excluding steroid dienone is 2. The third-order valence-electron chi connectivity index (χ3n) is 2.49. The van der Waals surface area contributed by atoms with Gasteiger partial charge in [0.2, 0.25) is 0 Å². The number of alkyl halides is 1. The Labute approximate surface area is 86.1 Å². The summed E-state index contributed by atoms with van der Waals surface area (Å²) in [5.74, 6) is 0.733. The lowest BCUT2D eigenvalue weighted by Gasteiger charge is -2.08. The van der Waals surface area contributed by atoms with Crippen LogP contribution >= 0.6 is 11.6 Å². The van der Waals surface area contributed by atoms with Crippen LogP contribution in [0.3, 0.4) is 0 Å². The van der Waals surface area contributed by atoms with Gasteiger partial charge in [0.1, 0.15) is 0 Å². The maximum absolute atomic E-state index is 5.60. The molecule has 0 aliphatic carbocycles. The Kier molecular flexibility index (Phi) is 5.49. The quantitative estimate of drug-likeness (QED) is 0.490. The van der Waals surface area contributed by atoms with Gasteiger partial charge in [-0.25, -0.2) is 0 Å². The van der Waals surface area contributed by atoms with E-state index >= 15 is 0 Å². The van der Waals surface area contributed by atoms with Crippen LogP contribution in [0.5, 0.6) is 0 Å². The molecule has 0 saturated carbocycles. The van der Waals surface area contributed by atoms with Crippen LogP contribution in [-0.4, -0.2) is 18.6 Å². The van der Waals surface area contributed by atoms with Crippen LogP contribution < -0.4 is 0 Å². The summed E-state index contributed by atoms with van der Waals surface area (Å²) >= 11 is 5.60. The molecule has 0 amide bonds. The second kappa shape index (κ2) is 6.44. The van der Waals surface area contributed by atoms with Gasteiger partial charge < -0.3 is 4.74 Å². The van der Waals surface area contributed by atoms with E-state index in [0.29, 0.717) is 6.10 Å². The molecule has 1 atom stereocenters. The average Bonchev–Trinajstić information content (AvgIpc) is 2.64. The van der Waals surface area contributed by atoms with Crippen LogP contribution in [0.15, 0.2) is 11.6 Å². The first kappa shape index (κ1) is 11.1. The Morgan fingerprint density at radius 3 is 3.08 bits per heavy atom. The summed E-state index contributed by atoms with van der Waals surface area (Å²) in [5, 5.41) is 0. The summed E-state index contributed by atoms with van der Waals surface area (Å²) in [6.07, 6.45) is 8.62. The van der Waals surface area contributed by atoms with Gasteiger partial charge in [0.05, 0.1) is 6.10 Å². The molecule has 76 valence electrons. The molecule has 0 N–H and O–H groups in total. The standard InChI is InChI=1S/C11H19ClO/c1-10(4-2-8-12)6-7-11-5-3-9-13-11/h4,11H,2-3,5-9H2,1H3. The van der Waals surface area contributed by atoms with Crippen molar-refractivity contribution in [2.75, 3.05) is 12.5 Å². The molecule has 1 unspecified atom stereocenters. The molecule has 0 bridgehead atoms. The van der Waals surface area contributed by atoms with Crippen molar-refractivity contribution >= 4 is 11.6 Å². The number of ether oxygens (including phenoxy) is 1. The van der Waals surface area contributed by atoms with Crippen molar-refractivity contribution in [2.45, 2.75) is 45.1 Å². The van der Waals surface area contributed by atoms with E-state index in [9.17, 15) is 0 Å². The molecule has 1 aliphatic heterocycles. The van der Waals surface area contributed by atoms with Crippen molar-refractivity contribution in [1.82, 2.24) is 0 Å². The smallest absolute Gasteiger partial charge is 0.0579 e. The molecule has 0 aromatic carbocycles. The van der Waals surface area contributed by atoms with Crippen molar-refractivity contribution in [1.29, 1.82) is 0 Å². The van der Waals surface area contributed by atoms with Crippen LogP contribution in [0, 0.1) is 0 Å². The lowest BCUT2D eigenvalue weighted by molar-refractivity contribution is 0.104. The molecule has 0 aromatic rings. The van der Waals surface area contributed by atoms with E-state index in [-0.39, 0.29) is 0 Å². The molecule has 13 heavy (non-hydrogen) atoms. The largest absolute Gasteiger partial charge is 0.378 e. The maximum Gasteiger partial charge on any atom is 0.0579 e. The van der Waals surface area contributed by atoms with Crippen molar-refractivity contribution in [3.05, 3.63) is 11.6 Å². The molecule has 0 radical (unpaired) electrons. The highest BCUT2D eigenvalue weighted by atomic mass is 35.5. The molecule has 0 aromatic heterocycles. The molecule has 1 heterocycles. The lowest BCUT2D eigenvalue weighted by Crippen LogP contribution is -2.04. The molecular formula is C11H19ClO. The van der Waals surface area contributed by atoms with Crippen molar-refractivity contribution in [3.8, 4) is 0 Å². The molecule has 1 aliphatic rings. The fourth-order valence-corrected chi connectivity index (χ4v) is 1.77. The van der Waals surface area contributed by atoms with E-state index in [4.69, 9.17) is 16.3 Å². The fraction of sp³-hybridized carbons (Fsp3) is 0.818. The van der Waals surface area contributed by atoms with E-state index in [0.717, 1.165) is 18.9 Å². The van der Waals surface area contributed by atoms with Gasteiger partial charge in [-0.3, -0.25) is 0 Å². The Morgan fingerprint density at radius 2 is 2.46 bits per heavy atom. The Bertz CT molecular complexity index is 159. The van der Waals surface area contributed by atoms with Crippen molar-refractivity contribution in [3.63, 3.8) is 0 Å². The minimum atomic E-state index is 0.527. The second-order valence-electron chi connectivity index (χ2n) is 3.70. The van der Waals surface area contributed by atoms with Crippen molar-refractivity contribution < 1.29 is 4.74 Å². The Balaban J connectivity index is 2.09. The van der Waals surface area contributed by atoms with E-state index in [1.165, 1.54) is 31.3 Å². The SMILES string of the molecule is CC(=CCCCl)CCC1CCCO1. The van der Waals surface area contributed by atoms with Gasteiger partial charge in [0.15, 0.2) is 0 Å². The summed E-state index contributed by atoms with van der Waals surface area (Å²) in [7, 11) is 0. The number of hydrogen-bond acceptors (Lipinski definition) is 1. The summed E-state index contributed by atoms with van der Waals surface area (Å²) < 4.78 is 5.55. The van der Waals surface area contributed by atoms with E-state index in [2.05, 4.69) is 13.0 Å². The predicted molar refractivity (Wildman–Crippen MR) is 57.3 cm³/mol. The maximum atomic E-state index is 5.60. The first-order valence-corrected chi connectivity index (χ1v) is 5.69. The first-order valence-electron chi connectivity index (χ1n) is 5.16. The van der Waals surface area contributed by atoms with Crippen LogP contribution in [0.2, 0.25) is 0 Å². The minimum absolute atomic E-state index is 0.527. The zero-order valence-corrected chi connectivity index (χ0v) is 9.15. The van der Waals surface area contributed by atoms with Crippen LogP contribution in [0.4, 0.5) is 0 Å². The zero-order valence-electron chi connectivity index (χ0n) is 8.39. The number of rotatable bonds is 5. The summed E-state index contributed by atoms with van der Waals surface area (Å²) in [4.78, 5) is 0. The van der Waals surface area contributed by atoms with E-state index in [1.807, 2.05) is 0 Å². The molecule has 1 fully saturated rings. The molecule has 0 spiro atoms. The molecule has 1 rings (SSSR count). The fourth-order valence-electron chi connectivity index (χ4n) is 1.66. The van der Waals surface area contributed by atoms with Gasteiger partial charge in [-0.2, -0.15) is 0 Å². The monoisotopic (exact) mass is 202 g/mol. The highest BCUT2D eigenvalue weighted by molar-refractivity contribution is 6.17. The number of hydrogen-bond donors (Lipinski definition) is 0. The van der Waals surface area contributed by atoms with Gasteiger partial charge in [-0.1, -0.05) is 11.6 Å². The van der Waals surface area contributed by atoms with Gasteiger partial charge >= 0.3 is 0 Å².